The van der Waals surface area contributed by atoms with Crippen molar-refractivity contribution in [2.75, 3.05) is 19.8 Å². The highest BCUT2D eigenvalue weighted by Gasteiger charge is 2.25. The summed E-state index contributed by atoms with van der Waals surface area (Å²) in [6.45, 7) is 1.76. The first-order valence-electron chi connectivity index (χ1n) is 4.82. The summed E-state index contributed by atoms with van der Waals surface area (Å²) in [6.07, 6.45) is 4.83. The second-order valence-electron chi connectivity index (χ2n) is 3.30. The van der Waals surface area contributed by atoms with Gasteiger partial charge < -0.3 is 9.47 Å². The van der Waals surface area contributed by atoms with Gasteiger partial charge >= 0.3 is 0 Å². The molecule has 0 spiro atoms. The lowest BCUT2D eigenvalue weighted by atomic mass is 10.1. The predicted octanol–water partition coefficient (Wildman–Crippen LogP) is -0.604. The number of ether oxygens (including phenoxy) is 2. The van der Waals surface area contributed by atoms with Gasteiger partial charge in [-0.05, 0) is 0 Å². The summed E-state index contributed by atoms with van der Waals surface area (Å²) >= 11 is 0. The molecule has 0 amide bonds. The molecule has 0 aromatic carbocycles. The molecule has 0 saturated carbocycles. The van der Waals surface area contributed by atoms with E-state index in [1.54, 1.807) is 12.4 Å². The van der Waals surface area contributed by atoms with Crippen LogP contribution in [0.3, 0.4) is 0 Å². The van der Waals surface area contributed by atoms with E-state index in [9.17, 15) is 0 Å². The van der Waals surface area contributed by atoms with Gasteiger partial charge in [-0.2, -0.15) is 0 Å². The highest BCUT2D eigenvalue weighted by atomic mass is 16.6. The van der Waals surface area contributed by atoms with Crippen LogP contribution in [0.4, 0.5) is 0 Å². The van der Waals surface area contributed by atoms with Crippen molar-refractivity contribution in [3.63, 3.8) is 0 Å². The molecule has 2 atom stereocenters. The predicted molar refractivity (Wildman–Crippen MR) is 52.7 cm³/mol. The van der Waals surface area contributed by atoms with Crippen molar-refractivity contribution in [1.29, 1.82) is 0 Å². The van der Waals surface area contributed by atoms with Crippen molar-refractivity contribution in [3.8, 4) is 0 Å². The van der Waals surface area contributed by atoms with E-state index in [0.717, 1.165) is 5.56 Å². The van der Waals surface area contributed by atoms with E-state index in [-0.39, 0.29) is 12.1 Å². The Morgan fingerprint density at radius 3 is 2.80 bits per heavy atom. The first-order chi connectivity index (χ1) is 7.42. The number of nitrogens with one attached hydrogen (secondary N) is 1. The number of aromatic nitrogens is 2. The lowest BCUT2D eigenvalue weighted by Gasteiger charge is -2.29. The van der Waals surface area contributed by atoms with Gasteiger partial charge in [-0.3, -0.25) is 11.3 Å². The largest absolute Gasteiger partial charge is 0.376 e. The maximum Gasteiger partial charge on any atom is 0.115 e. The third-order valence-corrected chi connectivity index (χ3v) is 2.33. The SMILES string of the molecule is NNC(c1cncnc1)C1COCCO1. The lowest BCUT2D eigenvalue weighted by Crippen LogP contribution is -2.43. The van der Waals surface area contributed by atoms with Crippen LogP contribution in [0.1, 0.15) is 11.6 Å². The van der Waals surface area contributed by atoms with E-state index in [4.69, 9.17) is 15.3 Å². The maximum absolute atomic E-state index is 5.56. The van der Waals surface area contributed by atoms with Crippen molar-refractivity contribution in [1.82, 2.24) is 15.4 Å². The van der Waals surface area contributed by atoms with E-state index >= 15 is 0 Å². The number of hydrogen-bond acceptors (Lipinski definition) is 6. The van der Waals surface area contributed by atoms with Gasteiger partial charge in [-0.25, -0.2) is 9.97 Å². The topological polar surface area (TPSA) is 82.3 Å². The van der Waals surface area contributed by atoms with Gasteiger partial charge in [0.2, 0.25) is 0 Å². The molecule has 2 heterocycles. The zero-order chi connectivity index (χ0) is 10.5. The molecule has 1 aromatic heterocycles. The van der Waals surface area contributed by atoms with Crippen molar-refractivity contribution in [3.05, 3.63) is 24.3 Å². The second kappa shape index (κ2) is 5.13. The lowest BCUT2D eigenvalue weighted by molar-refractivity contribution is -0.102. The van der Waals surface area contributed by atoms with Gasteiger partial charge in [0.25, 0.3) is 0 Å². The van der Waals surface area contributed by atoms with Gasteiger partial charge in [0.15, 0.2) is 0 Å². The fourth-order valence-electron chi connectivity index (χ4n) is 1.59. The van der Waals surface area contributed by atoms with Crippen LogP contribution in [-0.2, 0) is 9.47 Å². The third kappa shape index (κ3) is 2.48. The summed E-state index contributed by atoms with van der Waals surface area (Å²) in [5, 5.41) is 0. The average Bonchev–Trinajstić information content (AvgIpc) is 2.33. The first kappa shape index (κ1) is 10.4. The van der Waals surface area contributed by atoms with E-state index < -0.39 is 0 Å². The minimum Gasteiger partial charge on any atom is -0.376 e. The fourth-order valence-corrected chi connectivity index (χ4v) is 1.59. The van der Waals surface area contributed by atoms with Gasteiger partial charge in [-0.15, -0.1) is 0 Å². The summed E-state index contributed by atoms with van der Waals surface area (Å²) in [5.41, 5.74) is 3.60. The quantitative estimate of drug-likeness (QED) is 0.512. The summed E-state index contributed by atoms with van der Waals surface area (Å²) in [4.78, 5) is 7.89. The summed E-state index contributed by atoms with van der Waals surface area (Å²) in [6, 6.07) is -0.133. The Hall–Kier alpha value is -1.08. The van der Waals surface area contributed by atoms with Gasteiger partial charge in [-0.1, -0.05) is 0 Å². The van der Waals surface area contributed by atoms with E-state index in [1.165, 1.54) is 6.33 Å². The smallest absolute Gasteiger partial charge is 0.115 e. The van der Waals surface area contributed by atoms with Crippen molar-refractivity contribution in [2.24, 2.45) is 5.84 Å². The molecule has 1 saturated heterocycles. The monoisotopic (exact) mass is 210 g/mol. The molecular formula is C9H14N4O2. The normalized spacial score (nSPS) is 23.7. The maximum atomic E-state index is 5.56. The molecule has 0 bridgehead atoms. The highest BCUT2D eigenvalue weighted by Crippen LogP contribution is 2.19. The zero-order valence-corrected chi connectivity index (χ0v) is 8.30. The van der Waals surface area contributed by atoms with Crippen LogP contribution in [0, 0.1) is 0 Å². The van der Waals surface area contributed by atoms with E-state index in [1.807, 2.05) is 0 Å². The second-order valence-corrected chi connectivity index (χ2v) is 3.30. The van der Waals surface area contributed by atoms with Crippen LogP contribution in [0.25, 0.3) is 0 Å². The molecule has 1 aliphatic heterocycles. The van der Waals surface area contributed by atoms with Crippen molar-refractivity contribution >= 4 is 0 Å². The van der Waals surface area contributed by atoms with Crippen molar-refractivity contribution < 1.29 is 9.47 Å². The number of nitrogens with zero attached hydrogens (tertiary/aromatic N) is 2. The molecule has 82 valence electrons. The summed E-state index contributed by atoms with van der Waals surface area (Å²) in [5.74, 6) is 5.49. The minimum absolute atomic E-state index is 0.0882. The van der Waals surface area contributed by atoms with Gasteiger partial charge in [0.1, 0.15) is 12.4 Å². The average molecular weight is 210 g/mol. The molecule has 1 aromatic rings. The standard InChI is InChI=1S/C9H14N4O2/c10-13-9(7-3-11-6-12-4-7)8-5-14-1-2-15-8/h3-4,6,8-9,13H,1-2,5,10H2. The van der Waals surface area contributed by atoms with Crippen LogP contribution < -0.4 is 11.3 Å². The van der Waals surface area contributed by atoms with Crippen LogP contribution in [0.5, 0.6) is 0 Å². The molecule has 2 unspecified atom stereocenters. The minimum atomic E-state index is -0.133. The Labute approximate surface area is 87.8 Å². The van der Waals surface area contributed by atoms with Crippen molar-refractivity contribution in [2.45, 2.75) is 12.1 Å². The number of hydrogen-bond donors (Lipinski definition) is 2. The van der Waals surface area contributed by atoms with E-state index in [2.05, 4.69) is 15.4 Å². The first-order valence-corrected chi connectivity index (χ1v) is 4.82. The summed E-state index contributed by atoms with van der Waals surface area (Å²) in [7, 11) is 0. The Balaban J connectivity index is 2.09. The molecule has 0 radical (unpaired) electrons. The molecule has 15 heavy (non-hydrogen) atoms. The zero-order valence-electron chi connectivity index (χ0n) is 8.30. The molecule has 6 heteroatoms. The van der Waals surface area contributed by atoms with E-state index in [0.29, 0.717) is 19.8 Å². The third-order valence-electron chi connectivity index (χ3n) is 2.33. The number of rotatable bonds is 3. The fraction of sp³-hybridized carbons (Fsp3) is 0.556. The Morgan fingerprint density at radius 2 is 2.20 bits per heavy atom. The van der Waals surface area contributed by atoms with Crippen LogP contribution in [0.2, 0.25) is 0 Å². The molecular weight excluding hydrogens is 196 g/mol. The Morgan fingerprint density at radius 1 is 1.40 bits per heavy atom. The molecule has 6 nitrogen and oxygen atoms in total. The molecule has 3 N–H and O–H groups in total. The molecule has 1 aliphatic rings. The molecule has 0 aliphatic carbocycles. The van der Waals surface area contributed by atoms with Gasteiger partial charge in [0, 0.05) is 18.0 Å². The van der Waals surface area contributed by atoms with Crippen LogP contribution in [-0.4, -0.2) is 35.9 Å². The highest BCUT2D eigenvalue weighted by molar-refractivity contribution is 5.11. The van der Waals surface area contributed by atoms with Crippen LogP contribution in [0.15, 0.2) is 18.7 Å². The van der Waals surface area contributed by atoms with Gasteiger partial charge in [0.05, 0.1) is 25.9 Å². The number of nitrogens with two attached hydrogens (primary N) is 1. The molecule has 2 rings (SSSR count). The number of hydrazine groups is 1. The molecule has 1 fully saturated rings. The Bertz CT molecular complexity index is 289. The summed E-state index contributed by atoms with van der Waals surface area (Å²) < 4.78 is 10.9. The Kier molecular flexibility index (Phi) is 3.57. The van der Waals surface area contributed by atoms with Crippen LogP contribution >= 0.6 is 0 Å².